The van der Waals surface area contributed by atoms with Gasteiger partial charge in [0.1, 0.15) is 0 Å². The summed E-state index contributed by atoms with van der Waals surface area (Å²) in [6, 6.07) is 6.17. The van der Waals surface area contributed by atoms with Gasteiger partial charge in [0.2, 0.25) is 0 Å². The molecule has 36 heavy (non-hydrogen) atoms. The van der Waals surface area contributed by atoms with Crippen LogP contribution in [0.5, 0.6) is 0 Å². The number of primary amides is 1. The monoisotopic (exact) mass is 521 g/mol. The lowest BCUT2D eigenvalue weighted by Gasteiger charge is -2.37. The molecule has 204 valence electrons. The predicted molar refractivity (Wildman–Crippen MR) is 147 cm³/mol. The average Bonchev–Trinajstić information content (AvgIpc) is 2.84. The van der Waals surface area contributed by atoms with Crippen LogP contribution in [-0.2, 0) is 20.5 Å². The van der Waals surface area contributed by atoms with Gasteiger partial charge in [0.25, 0.3) is 16.0 Å². The molecule has 2 atom stereocenters. The number of rotatable bonds is 19. The molecule has 4 N–H and O–H groups in total. The Kier molecular flexibility index (Phi) is 13.2. The molecular weight excluding hydrogens is 474 g/mol. The largest absolute Gasteiger partial charge is 0.375 e. The summed E-state index contributed by atoms with van der Waals surface area (Å²) < 4.78 is 33.7. The summed E-state index contributed by atoms with van der Waals surface area (Å²) in [6.07, 6.45) is 21.6. The Hall–Kier alpha value is -1.70. The van der Waals surface area contributed by atoms with Crippen LogP contribution in [-0.4, -0.2) is 24.0 Å². The fourth-order valence-corrected chi connectivity index (χ4v) is 6.16. The fourth-order valence-electron chi connectivity index (χ4n) is 5.37. The molecule has 0 spiro atoms. The zero-order valence-corrected chi connectivity index (χ0v) is 22.9. The van der Waals surface area contributed by atoms with Crippen molar-refractivity contribution < 1.29 is 22.9 Å². The number of aliphatic hydroxyl groups is 1. The number of unbranched alkanes of at least 4 members (excludes halogenated alkanes) is 15. The number of hydrogen-bond donors (Lipinski definition) is 3. The molecule has 0 fully saturated rings. The van der Waals surface area contributed by atoms with Crippen molar-refractivity contribution in [3.05, 3.63) is 41.5 Å². The van der Waals surface area contributed by atoms with Gasteiger partial charge in [-0.2, -0.15) is 8.42 Å². The van der Waals surface area contributed by atoms with Crippen LogP contribution in [0, 0.1) is 5.92 Å². The lowest BCUT2D eigenvalue weighted by atomic mass is 9.72. The highest BCUT2D eigenvalue weighted by Gasteiger charge is 2.48. The van der Waals surface area contributed by atoms with Crippen LogP contribution < -0.4 is 5.73 Å². The third-order valence-corrected chi connectivity index (χ3v) is 8.43. The number of benzene rings is 1. The zero-order chi connectivity index (χ0) is 26.4. The molecule has 0 aliphatic heterocycles. The van der Waals surface area contributed by atoms with Gasteiger partial charge in [-0.25, -0.2) is 0 Å². The van der Waals surface area contributed by atoms with Crippen molar-refractivity contribution in [2.24, 2.45) is 11.7 Å². The fraction of sp³-hybridized carbons (Fsp3) is 0.690. The molecule has 7 heteroatoms. The van der Waals surface area contributed by atoms with Gasteiger partial charge in [-0.05, 0) is 6.42 Å². The molecule has 2 rings (SSSR count). The van der Waals surface area contributed by atoms with Gasteiger partial charge < -0.3 is 10.8 Å². The van der Waals surface area contributed by atoms with Gasteiger partial charge in [-0.1, -0.05) is 140 Å². The maximum Gasteiger partial charge on any atom is 0.294 e. The molecule has 6 nitrogen and oxygen atoms in total. The average molecular weight is 522 g/mol. The lowest BCUT2D eigenvalue weighted by molar-refractivity contribution is -0.142. The second-order valence-corrected chi connectivity index (χ2v) is 11.8. The molecule has 1 aromatic rings. The van der Waals surface area contributed by atoms with Crippen molar-refractivity contribution in [3.63, 3.8) is 0 Å². The lowest BCUT2D eigenvalue weighted by Crippen LogP contribution is -2.49. The number of nitrogens with two attached hydrogens (primary N) is 1. The van der Waals surface area contributed by atoms with Crippen LogP contribution >= 0.6 is 0 Å². The first-order valence-corrected chi connectivity index (χ1v) is 15.5. The molecular formula is C29H47NO5S. The molecule has 0 saturated carbocycles. The van der Waals surface area contributed by atoms with E-state index in [0.29, 0.717) is 6.42 Å². The van der Waals surface area contributed by atoms with E-state index in [0.717, 1.165) is 25.7 Å². The first-order valence-electron chi connectivity index (χ1n) is 14.0. The Morgan fingerprint density at radius 2 is 1.28 bits per heavy atom. The molecule has 1 aliphatic carbocycles. The van der Waals surface area contributed by atoms with Crippen LogP contribution in [0.2, 0.25) is 0 Å². The second-order valence-electron chi connectivity index (χ2n) is 10.4. The third-order valence-electron chi connectivity index (χ3n) is 7.51. The molecule has 0 saturated heterocycles. The first-order chi connectivity index (χ1) is 17.2. The summed E-state index contributed by atoms with van der Waals surface area (Å²) in [4.78, 5) is 12.0. The first kappa shape index (κ1) is 30.5. The van der Waals surface area contributed by atoms with Crippen molar-refractivity contribution in [2.45, 2.75) is 122 Å². The van der Waals surface area contributed by atoms with Crippen molar-refractivity contribution in [2.75, 3.05) is 0 Å². The van der Waals surface area contributed by atoms with Gasteiger partial charge in [-0.3, -0.25) is 9.35 Å². The van der Waals surface area contributed by atoms with E-state index < -0.39 is 27.5 Å². The molecule has 0 bridgehead atoms. The van der Waals surface area contributed by atoms with Gasteiger partial charge in [-0.15, -0.1) is 0 Å². The van der Waals surface area contributed by atoms with Gasteiger partial charge in [0.15, 0.2) is 5.60 Å². The standard InChI is InChI=1S/C29H47NO5S/c1-2-3-4-5-6-7-8-9-10-11-12-13-14-15-16-17-20-24-23-27(36(33,34)35)25-21-18-19-22-26(25)29(24,32)28(30)31/h18-19,21-24,32H,2-17,20H2,1H3,(H2,30,31)(H,33,34,35). The summed E-state index contributed by atoms with van der Waals surface area (Å²) in [5.74, 6) is -1.73. The summed E-state index contributed by atoms with van der Waals surface area (Å²) in [7, 11) is -4.51. The number of carbonyl (C=O) groups is 1. The molecule has 1 aliphatic rings. The van der Waals surface area contributed by atoms with Crippen LogP contribution in [0.25, 0.3) is 4.91 Å². The number of hydrogen-bond acceptors (Lipinski definition) is 4. The van der Waals surface area contributed by atoms with Gasteiger partial charge in [0, 0.05) is 17.0 Å². The normalized spacial score (nSPS) is 19.6. The highest BCUT2D eigenvalue weighted by molar-refractivity contribution is 7.95. The van der Waals surface area contributed by atoms with Crippen molar-refractivity contribution in [1.29, 1.82) is 0 Å². The Bertz CT molecular complexity index is 943. The van der Waals surface area contributed by atoms with E-state index in [2.05, 4.69) is 6.92 Å². The van der Waals surface area contributed by atoms with Crippen molar-refractivity contribution in [1.82, 2.24) is 0 Å². The summed E-state index contributed by atoms with van der Waals surface area (Å²) in [5, 5.41) is 11.3. The van der Waals surface area contributed by atoms with E-state index in [-0.39, 0.29) is 16.0 Å². The number of amides is 1. The Morgan fingerprint density at radius 3 is 1.72 bits per heavy atom. The highest BCUT2D eigenvalue weighted by Crippen LogP contribution is 2.44. The molecule has 0 heterocycles. The van der Waals surface area contributed by atoms with E-state index in [9.17, 15) is 22.9 Å². The summed E-state index contributed by atoms with van der Waals surface area (Å²) >= 11 is 0. The predicted octanol–water partition coefficient (Wildman–Crippen LogP) is 6.87. The molecule has 1 amide bonds. The molecule has 2 unspecified atom stereocenters. The van der Waals surface area contributed by atoms with Gasteiger partial charge in [0.05, 0.1) is 4.91 Å². The van der Waals surface area contributed by atoms with Crippen LogP contribution in [0.3, 0.4) is 0 Å². The van der Waals surface area contributed by atoms with Crippen LogP contribution in [0.1, 0.15) is 127 Å². The SMILES string of the molecule is CCCCCCCCCCCCCCCCCCC1C=C(S(=O)(=O)O)c2ccccc2C1(O)C(N)=O. The summed E-state index contributed by atoms with van der Waals surface area (Å²) in [6.45, 7) is 2.25. The van der Waals surface area contributed by atoms with Crippen molar-refractivity contribution in [3.8, 4) is 0 Å². The quantitative estimate of drug-likeness (QED) is 0.136. The maximum atomic E-state index is 12.3. The van der Waals surface area contributed by atoms with E-state index in [1.807, 2.05) is 0 Å². The van der Waals surface area contributed by atoms with Crippen molar-refractivity contribution >= 4 is 20.9 Å². The second kappa shape index (κ2) is 15.5. The molecule has 0 radical (unpaired) electrons. The molecule has 1 aromatic carbocycles. The highest BCUT2D eigenvalue weighted by atomic mass is 32.2. The van der Waals surface area contributed by atoms with E-state index in [4.69, 9.17) is 5.73 Å². The van der Waals surface area contributed by atoms with Crippen LogP contribution in [0.15, 0.2) is 30.3 Å². The minimum absolute atomic E-state index is 0.115. The van der Waals surface area contributed by atoms with E-state index >= 15 is 0 Å². The van der Waals surface area contributed by atoms with Gasteiger partial charge >= 0.3 is 0 Å². The van der Waals surface area contributed by atoms with E-state index in [1.54, 1.807) is 12.1 Å². The summed E-state index contributed by atoms with van der Waals surface area (Å²) in [5.41, 5.74) is 3.84. The third kappa shape index (κ3) is 9.00. The Balaban J connectivity index is 1.69. The van der Waals surface area contributed by atoms with Crippen LogP contribution in [0.4, 0.5) is 0 Å². The Labute approximate surface area is 218 Å². The number of fused-ring (bicyclic) bond motifs is 1. The topological polar surface area (TPSA) is 118 Å². The molecule has 0 aromatic heterocycles. The maximum absolute atomic E-state index is 12.3. The number of carbonyl (C=O) groups excluding carboxylic acids is 1. The minimum Gasteiger partial charge on any atom is -0.375 e. The van der Waals surface area contributed by atoms with E-state index in [1.165, 1.54) is 95.3 Å². The zero-order valence-electron chi connectivity index (χ0n) is 22.1. The minimum atomic E-state index is -4.51. The Morgan fingerprint density at radius 1 is 0.833 bits per heavy atom. The smallest absolute Gasteiger partial charge is 0.294 e.